The lowest BCUT2D eigenvalue weighted by Crippen LogP contribution is -2.54. The molecule has 5 heteroatoms. The Kier molecular flexibility index (Phi) is 7.72. The number of hydrogen-bond acceptors (Lipinski definition) is 5. The van der Waals surface area contributed by atoms with Gasteiger partial charge in [0.2, 0.25) is 0 Å². The minimum Gasteiger partial charge on any atom is -0.385 e. The van der Waals surface area contributed by atoms with Crippen LogP contribution in [0.15, 0.2) is 0 Å². The van der Waals surface area contributed by atoms with Gasteiger partial charge >= 0.3 is 0 Å². The highest BCUT2D eigenvalue weighted by molar-refractivity contribution is 4.81. The van der Waals surface area contributed by atoms with Gasteiger partial charge in [-0.3, -0.25) is 16.2 Å². The van der Waals surface area contributed by atoms with Gasteiger partial charge in [-0.2, -0.15) is 0 Å². The van der Waals surface area contributed by atoms with Crippen molar-refractivity contribution in [3.8, 4) is 0 Å². The maximum Gasteiger partial charge on any atom is 0.0868 e. The predicted molar refractivity (Wildman–Crippen MR) is 68.7 cm³/mol. The summed E-state index contributed by atoms with van der Waals surface area (Å²) >= 11 is 0. The fourth-order valence-electron chi connectivity index (χ4n) is 2.32. The molecule has 102 valence electrons. The number of rotatable bonds is 8. The van der Waals surface area contributed by atoms with Crippen molar-refractivity contribution in [1.82, 2.24) is 10.3 Å². The summed E-state index contributed by atoms with van der Waals surface area (Å²) in [6, 6.07) is 0.227. The number of methoxy groups -OCH3 is 1. The number of morpholine rings is 1. The Morgan fingerprint density at radius 3 is 3.06 bits per heavy atom. The van der Waals surface area contributed by atoms with Gasteiger partial charge in [0, 0.05) is 32.8 Å². The molecule has 2 atom stereocenters. The van der Waals surface area contributed by atoms with Gasteiger partial charge in [-0.05, 0) is 25.8 Å². The van der Waals surface area contributed by atoms with E-state index in [-0.39, 0.29) is 12.1 Å². The Hall–Kier alpha value is -0.200. The Labute approximate surface area is 105 Å². The average Bonchev–Trinajstić information content (AvgIpc) is 2.35. The summed E-state index contributed by atoms with van der Waals surface area (Å²) in [4.78, 5) is 2.45. The quantitative estimate of drug-likeness (QED) is 0.367. The van der Waals surface area contributed by atoms with Crippen molar-refractivity contribution < 1.29 is 9.47 Å². The first-order chi connectivity index (χ1) is 8.31. The molecule has 0 aromatic carbocycles. The van der Waals surface area contributed by atoms with E-state index in [4.69, 9.17) is 15.3 Å². The minimum absolute atomic E-state index is 0.206. The second kappa shape index (κ2) is 8.83. The molecule has 1 saturated heterocycles. The molecule has 0 spiro atoms. The van der Waals surface area contributed by atoms with Crippen LogP contribution in [0.25, 0.3) is 0 Å². The maximum atomic E-state index is 5.81. The summed E-state index contributed by atoms with van der Waals surface area (Å²) in [5, 5.41) is 0. The van der Waals surface area contributed by atoms with E-state index in [0.717, 1.165) is 45.7 Å². The van der Waals surface area contributed by atoms with E-state index in [0.29, 0.717) is 0 Å². The van der Waals surface area contributed by atoms with Gasteiger partial charge in [0.15, 0.2) is 0 Å². The van der Waals surface area contributed by atoms with E-state index in [2.05, 4.69) is 17.2 Å². The normalized spacial score (nSPS) is 23.8. The molecule has 1 heterocycles. The van der Waals surface area contributed by atoms with E-state index in [9.17, 15) is 0 Å². The van der Waals surface area contributed by atoms with E-state index >= 15 is 0 Å². The lowest BCUT2D eigenvalue weighted by atomic mass is 10.0. The van der Waals surface area contributed by atoms with Gasteiger partial charge in [-0.25, -0.2) is 0 Å². The molecule has 0 aromatic rings. The van der Waals surface area contributed by atoms with E-state index in [1.165, 1.54) is 6.42 Å². The Bertz CT molecular complexity index is 191. The van der Waals surface area contributed by atoms with Crippen molar-refractivity contribution in [2.24, 2.45) is 5.84 Å². The van der Waals surface area contributed by atoms with Crippen LogP contribution in [-0.2, 0) is 9.47 Å². The number of nitrogens with zero attached hydrogens (tertiary/aromatic N) is 1. The first-order valence-electron chi connectivity index (χ1n) is 6.60. The number of nitrogens with one attached hydrogen (secondary N) is 1. The third-order valence-corrected chi connectivity index (χ3v) is 3.24. The molecule has 1 aliphatic rings. The van der Waals surface area contributed by atoms with Crippen LogP contribution in [0.5, 0.6) is 0 Å². The molecule has 17 heavy (non-hydrogen) atoms. The van der Waals surface area contributed by atoms with Crippen LogP contribution in [0.1, 0.15) is 26.2 Å². The van der Waals surface area contributed by atoms with Gasteiger partial charge in [-0.1, -0.05) is 6.92 Å². The standard InChI is InChI=1S/C12H27N3O2/c1-3-6-15-7-9-17-12(10-15)11(14-13)5-4-8-16-2/h11-12,14H,3-10,13H2,1-2H3. The van der Waals surface area contributed by atoms with Crippen molar-refractivity contribution in [3.05, 3.63) is 0 Å². The Balaban J connectivity index is 2.33. The number of nitrogens with two attached hydrogens (primary N) is 1. The smallest absolute Gasteiger partial charge is 0.0868 e. The third kappa shape index (κ3) is 5.31. The molecule has 3 N–H and O–H groups in total. The molecule has 0 saturated carbocycles. The molecule has 5 nitrogen and oxygen atoms in total. The number of hydrazine groups is 1. The SMILES string of the molecule is CCCN1CCOC(C(CCCOC)NN)C1. The van der Waals surface area contributed by atoms with Crippen molar-refractivity contribution in [3.63, 3.8) is 0 Å². The van der Waals surface area contributed by atoms with Crippen LogP contribution in [0, 0.1) is 0 Å². The molecule has 0 radical (unpaired) electrons. The first kappa shape index (κ1) is 14.9. The first-order valence-corrected chi connectivity index (χ1v) is 6.60. The van der Waals surface area contributed by atoms with Crippen molar-refractivity contribution in [2.75, 3.05) is 40.0 Å². The number of ether oxygens (including phenoxy) is 2. The molecular weight excluding hydrogens is 218 g/mol. The zero-order valence-electron chi connectivity index (χ0n) is 11.2. The summed E-state index contributed by atoms with van der Waals surface area (Å²) in [6.45, 7) is 6.98. The van der Waals surface area contributed by atoms with E-state index < -0.39 is 0 Å². The van der Waals surface area contributed by atoms with Gasteiger partial charge in [0.05, 0.1) is 12.7 Å². The van der Waals surface area contributed by atoms with Gasteiger partial charge in [0.25, 0.3) is 0 Å². The molecule has 1 aliphatic heterocycles. The topological polar surface area (TPSA) is 59.8 Å². The van der Waals surface area contributed by atoms with Crippen molar-refractivity contribution in [2.45, 2.75) is 38.3 Å². The fourth-order valence-corrected chi connectivity index (χ4v) is 2.32. The number of hydrogen-bond donors (Lipinski definition) is 2. The minimum atomic E-state index is 0.206. The fraction of sp³-hybridized carbons (Fsp3) is 1.00. The zero-order chi connectivity index (χ0) is 12.5. The van der Waals surface area contributed by atoms with Crippen LogP contribution >= 0.6 is 0 Å². The van der Waals surface area contributed by atoms with E-state index in [1.807, 2.05) is 0 Å². The highest BCUT2D eigenvalue weighted by atomic mass is 16.5. The van der Waals surface area contributed by atoms with E-state index in [1.54, 1.807) is 7.11 Å². The summed E-state index contributed by atoms with van der Waals surface area (Å²) in [6.07, 6.45) is 3.41. The summed E-state index contributed by atoms with van der Waals surface area (Å²) < 4.78 is 10.9. The Morgan fingerprint density at radius 2 is 2.41 bits per heavy atom. The Morgan fingerprint density at radius 1 is 1.59 bits per heavy atom. The highest BCUT2D eigenvalue weighted by Gasteiger charge is 2.26. The molecule has 2 unspecified atom stereocenters. The average molecular weight is 245 g/mol. The van der Waals surface area contributed by atoms with Crippen LogP contribution in [0.2, 0.25) is 0 Å². The van der Waals surface area contributed by atoms with Crippen LogP contribution in [-0.4, -0.2) is 57.0 Å². The molecule has 0 amide bonds. The van der Waals surface area contributed by atoms with Crippen LogP contribution in [0.3, 0.4) is 0 Å². The van der Waals surface area contributed by atoms with Gasteiger partial charge in [-0.15, -0.1) is 0 Å². The summed E-state index contributed by atoms with van der Waals surface area (Å²) in [5.74, 6) is 5.62. The lowest BCUT2D eigenvalue weighted by Gasteiger charge is -2.36. The lowest BCUT2D eigenvalue weighted by molar-refractivity contribution is -0.0485. The van der Waals surface area contributed by atoms with Crippen molar-refractivity contribution >= 4 is 0 Å². The molecule has 1 rings (SSSR count). The maximum absolute atomic E-state index is 5.81. The van der Waals surface area contributed by atoms with Crippen molar-refractivity contribution in [1.29, 1.82) is 0 Å². The monoisotopic (exact) mass is 245 g/mol. The predicted octanol–water partition coefficient (Wildman–Crippen LogP) is 0.356. The zero-order valence-corrected chi connectivity index (χ0v) is 11.2. The van der Waals surface area contributed by atoms with Crippen LogP contribution in [0.4, 0.5) is 0 Å². The third-order valence-electron chi connectivity index (χ3n) is 3.24. The largest absolute Gasteiger partial charge is 0.385 e. The van der Waals surface area contributed by atoms with Gasteiger partial charge in [0.1, 0.15) is 0 Å². The van der Waals surface area contributed by atoms with Crippen LogP contribution < -0.4 is 11.3 Å². The second-order valence-corrected chi connectivity index (χ2v) is 4.62. The molecular formula is C12H27N3O2. The summed E-state index contributed by atoms with van der Waals surface area (Å²) in [5.41, 5.74) is 2.89. The summed E-state index contributed by atoms with van der Waals surface area (Å²) in [7, 11) is 1.73. The van der Waals surface area contributed by atoms with Gasteiger partial charge < -0.3 is 9.47 Å². The molecule has 0 bridgehead atoms. The highest BCUT2D eigenvalue weighted by Crippen LogP contribution is 2.12. The second-order valence-electron chi connectivity index (χ2n) is 4.62. The molecule has 0 aromatic heterocycles. The molecule has 1 fully saturated rings. The molecule has 0 aliphatic carbocycles.